The van der Waals surface area contributed by atoms with E-state index in [0.29, 0.717) is 11.1 Å². The van der Waals surface area contributed by atoms with Gasteiger partial charge in [-0.2, -0.15) is 0 Å². The maximum atomic E-state index is 12.5. The van der Waals surface area contributed by atoms with Crippen molar-refractivity contribution in [1.29, 1.82) is 0 Å². The predicted molar refractivity (Wildman–Crippen MR) is 92.4 cm³/mol. The number of hydrogen-bond acceptors (Lipinski definition) is 4. The summed E-state index contributed by atoms with van der Waals surface area (Å²) in [6.07, 6.45) is -4.78. The van der Waals surface area contributed by atoms with E-state index < -0.39 is 12.0 Å². The topological polar surface area (TPSA) is 51.5 Å². The van der Waals surface area contributed by atoms with Crippen molar-refractivity contribution in [2.24, 2.45) is 0 Å². The normalized spacial score (nSPS) is 11.6. The van der Waals surface area contributed by atoms with Gasteiger partial charge in [0.15, 0.2) is 5.75 Å². The number of ether oxygens (including phenoxy) is 1. The second-order valence-corrected chi connectivity index (χ2v) is 5.92. The van der Waals surface area contributed by atoms with Crippen LogP contribution in [0.15, 0.2) is 51.7 Å². The van der Waals surface area contributed by atoms with Crippen LogP contribution in [0.5, 0.6) is 5.75 Å². The molecule has 0 radical (unpaired) electrons. The van der Waals surface area contributed by atoms with Crippen molar-refractivity contribution in [2.45, 2.75) is 26.8 Å². The summed E-state index contributed by atoms with van der Waals surface area (Å²) in [5.74, 6) is -0.334. The Balaban J connectivity index is 1.94. The molecule has 7 heteroatoms. The van der Waals surface area contributed by atoms with Gasteiger partial charge in [0.05, 0.1) is 5.69 Å². The van der Waals surface area contributed by atoms with Crippen LogP contribution in [0.1, 0.15) is 16.7 Å². The Hall–Kier alpha value is -2.96. The maximum Gasteiger partial charge on any atom is 0.573 e. The van der Waals surface area contributed by atoms with Crippen molar-refractivity contribution in [1.82, 2.24) is 0 Å². The summed E-state index contributed by atoms with van der Waals surface area (Å²) < 4.78 is 46.8. The van der Waals surface area contributed by atoms with Crippen LogP contribution in [-0.4, -0.2) is 6.36 Å². The summed E-state index contributed by atoms with van der Waals surface area (Å²) in [6, 6.07) is 10.7. The molecule has 0 saturated carbocycles. The maximum absolute atomic E-state index is 12.5. The van der Waals surface area contributed by atoms with Crippen molar-refractivity contribution in [3.05, 3.63) is 69.6 Å². The van der Waals surface area contributed by atoms with Crippen molar-refractivity contribution in [3.63, 3.8) is 0 Å². The zero-order valence-electron chi connectivity index (χ0n) is 14.1. The van der Waals surface area contributed by atoms with Crippen LogP contribution in [-0.2, 0) is 6.54 Å². The smallest absolute Gasteiger partial charge is 0.423 e. The number of fused-ring (bicyclic) bond motifs is 1. The van der Waals surface area contributed by atoms with Gasteiger partial charge in [-0.25, -0.2) is 4.79 Å². The molecule has 0 aliphatic rings. The fraction of sp³-hybridized carbons (Fsp3) is 0.211. The molecule has 0 bridgehead atoms. The summed E-state index contributed by atoms with van der Waals surface area (Å²) in [5.41, 5.74) is 2.73. The molecule has 0 unspecified atom stereocenters. The highest BCUT2D eigenvalue weighted by molar-refractivity contribution is 5.82. The summed E-state index contributed by atoms with van der Waals surface area (Å²) in [6.45, 7) is 3.98. The minimum atomic E-state index is -4.78. The van der Waals surface area contributed by atoms with Gasteiger partial charge in [0.1, 0.15) is 5.58 Å². The summed E-state index contributed by atoms with van der Waals surface area (Å²) in [7, 11) is 0. The van der Waals surface area contributed by atoms with Crippen LogP contribution < -0.4 is 15.7 Å². The Kier molecular flexibility index (Phi) is 4.63. The lowest BCUT2D eigenvalue weighted by molar-refractivity contribution is -0.274. The molecule has 0 saturated heterocycles. The first kappa shape index (κ1) is 17.8. The Morgan fingerprint density at radius 3 is 2.50 bits per heavy atom. The Bertz CT molecular complexity index is 1010. The first-order valence-electron chi connectivity index (χ1n) is 7.85. The molecule has 136 valence electrons. The molecule has 0 fully saturated rings. The predicted octanol–water partition coefficient (Wildman–Crippen LogP) is 4.92. The lowest BCUT2D eigenvalue weighted by atomic mass is 10.0. The molecular formula is C19H16F3NO3. The highest BCUT2D eigenvalue weighted by atomic mass is 19.4. The lowest BCUT2D eigenvalue weighted by Gasteiger charge is -2.15. The molecule has 0 atom stereocenters. The van der Waals surface area contributed by atoms with E-state index in [9.17, 15) is 18.0 Å². The number of benzene rings is 2. The van der Waals surface area contributed by atoms with Crippen molar-refractivity contribution in [3.8, 4) is 5.75 Å². The number of halogens is 3. The van der Waals surface area contributed by atoms with E-state index in [1.165, 1.54) is 24.3 Å². The van der Waals surface area contributed by atoms with Gasteiger partial charge < -0.3 is 14.5 Å². The Morgan fingerprint density at radius 1 is 1.08 bits per heavy atom. The molecule has 26 heavy (non-hydrogen) atoms. The molecule has 1 aromatic heterocycles. The van der Waals surface area contributed by atoms with Gasteiger partial charge in [0.25, 0.3) is 0 Å². The third-order valence-electron chi connectivity index (χ3n) is 4.03. The number of anilines is 1. The third kappa shape index (κ3) is 3.99. The summed E-state index contributed by atoms with van der Waals surface area (Å²) in [5, 5.41) is 3.63. The standard InChI is InChI=1S/C19H16F3NO3/c1-11-7-14-13(9-18(24)25-17(14)8-12(11)2)10-23-15-5-3-4-6-16(15)26-19(20,21)22/h3-9,23H,10H2,1-2H3. The number of hydrogen-bond donors (Lipinski definition) is 1. The van der Waals surface area contributed by atoms with Gasteiger partial charge in [0.2, 0.25) is 0 Å². The SMILES string of the molecule is Cc1cc2oc(=O)cc(CNc3ccccc3OC(F)(F)F)c2cc1C. The fourth-order valence-electron chi connectivity index (χ4n) is 2.65. The third-order valence-corrected chi connectivity index (χ3v) is 4.03. The molecule has 0 amide bonds. The Labute approximate surface area is 147 Å². The van der Waals surface area contributed by atoms with E-state index >= 15 is 0 Å². The molecule has 4 nitrogen and oxygen atoms in total. The monoisotopic (exact) mass is 363 g/mol. The number of para-hydroxylation sites is 2. The molecule has 2 aromatic carbocycles. The van der Waals surface area contributed by atoms with E-state index in [1.807, 2.05) is 19.9 Å². The molecule has 0 spiro atoms. The number of rotatable bonds is 4. The van der Waals surface area contributed by atoms with Crippen molar-refractivity contribution < 1.29 is 22.3 Å². The van der Waals surface area contributed by atoms with Crippen molar-refractivity contribution >= 4 is 16.7 Å². The van der Waals surface area contributed by atoms with Crippen LogP contribution in [0.3, 0.4) is 0 Å². The van der Waals surface area contributed by atoms with E-state index in [0.717, 1.165) is 16.5 Å². The van der Waals surface area contributed by atoms with Crippen molar-refractivity contribution in [2.75, 3.05) is 5.32 Å². The average Bonchev–Trinajstić information content (AvgIpc) is 2.54. The number of alkyl halides is 3. The quantitative estimate of drug-likeness (QED) is 0.669. The van der Waals surface area contributed by atoms with E-state index in [2.05, 4.69) is 10.1 Å². The molecular weight excluding hydrogens is 347 g/mol. The minimum Gasteiger partial charge on any atom is -0.423 e. The van der Waals surface area contributed by atoms with Gasteiger partial charge in [-0.15, -0.1) is 13.2 Å². The van der Waals surface area contributed by atoms with E-state index in [1.54, 1.807) is 12.1 Å². The minimum absolute atomic E-state index is 0.142. The molecule has 0 aliphatic heterocycles. The summed E-state index contributed by atoms with van der Waals surface area (Å²) in [4.78, 5) is 11.8. The molecule has 1 heterocycles. The molecule has 1 N–H and O–H groups in total. The van der Waals surface area contributed by atoms with E-state index in [4.69, 9.17) is 4.42 Å². The van der Waals surface area contributed by atoms with E-state index in [-0.39, 0.29) is 18.0 Å². The summed E-state index contributed by atoms with van der Waals surface area (Å²) >= 11 is 0. The number of nitrogens with one attached hydrogen (secondary N) is 1. The van der Waals surface area contributed by atoms with Crippen LogP contribution in [0.4, 0.5) is 18.9 Å². The van der Waals surface area contributed by atoms with Gasteiger partial charge in [-0.3, -0.25) is 0 Å². The van der Waals surface area contributed by atoms with Crippen LogP contribution >= 0.6 is 0 Å². The second kappa shape index (κ2) is 6.74. The van der Waals surface area contributed by atoms with Gasteiger partial charge in [-0.05, 0) is 54.8 Å². The zero-order valence-corrected chi connectivity index (χ0v) is 14.1. The van der Waals surface area contributed by atoms with Crippen LogP contribution in [0.25, 0.3) is 11.0 Å². The molecule has 3 aromatic rings. The zero-order chi connectivity index (χ0) is 18.9. The van der Waals surface area contributed by atoms with Gasteiger partial charge in [-0.1, -0.05) is 12.1 Å². The fourth-order valence-corrected chi connectivity index (χ4v) is 2.65. The van der Waals surface area contributed by atoms with Crippen LogP contribution in [0, 0.1) is 13.8 Å². The molecule has 0 aliphatic carbocycles. The largest absolute Gasteiger partial charge is 0.573 e. The highest BCUT2D eigenvalue weighted by Crippen LogP contribution is 2.30. The Morgan fingerprint density at radius 2 is 1.77 bits per heavy atom. The number of aryl methyl sites for hydroxylation is 2. The average molecular weight is 363 g/mol. The lowest BCUT2D eigenvalue weighted by Crippen LogP contribution is -2.18. The van der Waals surface area contributed by atoms with Crippen LogP contribution in [0.2, 0.25) is 0 Å². The molecule has 3 rings (SSSR count). The first-order chi connectivity index (χ1) is 12.2. The first-order valence-corrected chi connectivity index (χ1v) is 7.85. The van der Waals surface area contributed by atoms with Gasteiger partial charge >= 0.3 is 12.0 Å². The highest BCUT2D eigenvalue weighted by Gasteiger charge is 2.32. The van der Waals surface area contributed by atoms with Gasteiger partial charge in [0, 0.05) is 18.0 Å². The second-order valence-electron chi connectivity index (χ2n) is 5.92.